The average molecular weight is 292 g/mol. The van der Waals surface area contributed by atoms with Crippen LogP contribution in [0.2, 0.25) is 0 Å². The Kier molecular flexibility index (Phi) is 5.65. The Morgan fingerprint density at radius 2 is 1.95 bits per heavy atom. The van der Waals surface area contributed by atoms with Gasteiger partial charge in [-0.1, -0.05) is 20.8 Å². The second kappa shape index (κ2) is 7.48. The van der Waals surface area contributed by atoms with Gasteiger partial charge in [0, 0.05) is 12.6 Å². The maximum atomic E-state index is 5.51. The molecule has 0 aromatic carbocycles. The minimum absolute atomic E-state index is 0.471. The third-order valence-corrected chi connectivity index (χ3v) is 4.49. The van der Waals surface area contributed by atoms with Crippen molar-refractivity contribution in [3.8, 4) is 5.75 Å². The monoisotopic (exact) mass is 292 g/mol. The van der Waals surface area contributed by atoms with E-state index in [1.54, 1.807) is 13.4 Å². The van der Waals surface area contributed by atoms with Gasteiger partial charge >= 0.3 is 0 Å². The normalized spacial score (nSPS) is 25.4. The maximum Gasteiger partial charge on any atom is 0.204 e. The van der Waals surface area contributed by atoms with E-state index in [0.717, 1.165) is 42.2 Å². The minimum atomic E-state index is 0.471. The molecule has 1 aliphatic rings. The number of hydrogen-bond donors (Lipinski definition) is 2. The molecule has 0 spiro atoms. The van der Waals surface area contributed by atoms with Gasteiger partial charge in [-0.15, -0.1) is 0 Å². The first-order chi connectivity index (χ1) is 10.2. The Morgan fingerprint density at radius 3 is 2.62 bits per heavy atom. The van der Waals surface area contributed by atoms with Crippen molar-refractivity contribution in [1.82, 2.24) is 9.97 Å². The van der Waals surface area contributed by atoms with Gasteiger partial charge in [0.2, 0.25) is 5.75 Å². The molecule has 1 fully saturated rings. The fraction of sp³-hybridized carbons (Fsp3) is 0.750. The largest absolute Gasteiger partial charge is 0.490 e. The van der Waals surface area contributed by atoms with Crippen LogP contribution < -0.4 is 15.4 Å². The van der Waals surface area contributed by atoms with Crippen molar-refractivity contribution in [3.63, 3.8) is 0 Å². The van der Waals surface area contributed by atoms with Crippen molar-refractivity contribution in [2.75, 3.05) is 24.3 Å². The van der Waals surface area contributed by atoms with Crippen LogP contribution in [0.4, 0.5) is 11.6 Å². The van der Waals surface area contributed by atoms with E-state index in [1.165, 1.54) is 19.3 Å². The molecule has 118 valence electrons. The molecule has 0 amide bonds. The van der Waals surface area contributed by atoms with E-state index in [0.29, 0.717) is 6.04 Å². The molecule has 1 heterocycles. The number of nitrogens with zero attached hydrogens (tertiary/aromatic N) is 2. The summed E-state index contributed by atoms with van der Waals surface area (Å²) in [5, 5.41) is 6.84. The average Bonchev–Trinajstić information content (AvgIpc) is 2.49. The SMILES string of the molecule is CCCNc1ncnc(NC2CCC(C)C(C)C2)c1OC. The molecule has 1 aromatic rings. The molecule has 1 aliphatic carbocycles. The van der Waals surface area contributed by atoms with Gasteiger partial charge in [0.15, 0.2) is 11.6 Å². The van der Waals surface area contributed by atoms with Gasteiger partial charge in [-0.2, -0.15) is 0 Å². The summed E-state index contributed by atoms with van der Waals surface area (Å²) in [6, 6.07) is 0.471. The molecule has 0 aliphatic heterocycles. The van der Waals surface area contributed by atoms with Crippen molar-refractivity contribution in [2.24, 2.45) is 11.8 Å². The zero-order valence-corrected chi connectivity index (χ0v) is 13.6. The van der Waals surface area contributed by atoms with Crippen LogP contribution in [0.15, 0.2) is 6.33 Å². The van der Waals surface area contributed by atoms with Gasteiger partial charge in [-0.05, 0) is 37.5 Å². The van der Waals surface area contributed by atoms with Gasteiger partial charge in [-0.3, -0.25) is 0 Å². The van der Waals surface area contributed by atoms with E-state index in [4.69, 9.17) is 4.74 Å². The van der Waals surface area contributed by atoms with E-state index < -0.39 is 0 Å². The molecule has 2 rings (SSSR count). The Balaban J connectivity index is 2.08. The summed E-state index contributed by atoms with van der Waals surface area (Å²) in [7, 11) is 1.67. The van der Waals surface area contributed by atoms with Crippen molar-refractivity contribution in [1.29, 1.82) is 0 Å². The van der Waals surface area contributed by atoms with Gasteiger partial charge in [0.05, 0.1) is 7.11 Å². The van der Waals surface area contributed by atoms with Crippen molar-refractivity contribution >= 4 is 11.6 Å². The highest BCUT2D eigenvalue weighted by molar-refractivity contribution is 5.63. The molecule has 5 heteroatoms. The summed E-state index contributed by atoms with van der Waals surface area (Å²) in [4.78, 5) is 8.65. The molecule has 3 atom stereocenters. The summed E-state index contributed by atoms with van der Waals surface area (Å²) in [6.07, 6.45) is 6.29. The summed E-state index contributed by atoms with van der Waals surface area (Å²) < 4.78 is 5.51. The number of ether oxygens (including phenoxy) is 1. The third kappa shape index (κ3) is 3.99. The summed E-state index contributed by atoms with van der Waals surface area (Å²) >= 11 is 0. The first kappa shape index (κ1) is 15.9. The van der Waals surface area contributed by atoms with E-state index >= 15 is 0 Å². The second-order valence-electron chi connectivity index (χ2n) is 6.14. The van der Waals surface area contributed by atoms with Gasteiger partial charge in [0.1, 0.15) is 6.33 Å². The number of nitrogens with one attached hydrogen (secondary N) is 2. The van der Waals surface area contributed by atoms with Crippen LogP contribution in [0.1, 0.15) is 46.5 Å². The number of aromatic nitrogens is 2. The van der Waals surface area contributed by atoms with Gasteiger partial charge in [0.25, 0.3) is 0 Å². The Morgan fingerprint density at radius 1 is 1.19 bits per heavy atom. The third-order valence-electron chi connectivity index (χ3n) is 4.49. The van der Waals surface area contributed by atoms with Crippen molar-refractivity contribution in [2.45, 2.75) is 52.5 Å². The predicted octanol–water partition coefficient (Wildman–Crippen LogP) is 3.54. The van der Waals surface area contributed by atoms with Gasteiger partial charge < -0.3 is 15.4 Å². The smallest absolute Gasteiger partial charge is 0.204 e. The minimum Gasteiger partial charge on any atom is -0.490 e. The highest BCUT2D eigenvalue weighted by atomic mass is 16.5. The predicted molar refractivity (Wildman–Crippen MR) is 87.0 cm³/mol. The molecule has 1 saturated carbocycles. The van der Waals surface area contributed by atoms with Crippen LogP contribution in [0.25, 0.3) is 0 Å². The molecule has 2 N–H and O–H groups in total. The highest BCUT2D eigenvalue weighted by Crippen LogP contribution is 2.34. The molecule has 5 nitrogen and oxygen atoms in total. The van der Waals surface area contributed by atoms with E-state index in [9.17, 15) is 0 Å². The summed E-state index contributed by atoms with van der Waals surface area (Å²) in [6.45, 7) is 7.69. The lowest BCUT2D eigenvalue weighted by molar-refractivity contribution is 0.260. The number of rotatable bonds is 6. The Labute approximate surface area is 127 Å². The van der Waals surface area contributed by atoms with E-state index in [-0.39, 0.29) is 0 Å². The standard InChI is InChI=1S/C16H28N4O/c1-5-8-17-15-14(21-4)16(19-10-18-15)20-13-7-6-11(2)12(3)9-13/h10-13H,5-9H2,1-4H3,(H2,17,18,19,20). The fourth-order valence-corrected chi connectivity index (χ4v) is 2.91. The molecule has 0 radical (unpaired) electrons. The lowest BCUT2D eigenvalue weighted by atomic mass is 9.79. The fourth-order valence-electron chi connectivity index (χ4n) is 2.91. The van der Waals surface area contributed by atoms with E-state index in [1.807, 2.05) is 0 Å². The molecule has 3 unspecified atom stereocenters. The van der Waals surface area contributed by atoms with Crippen molar-refractivity contribution < 1.29 is 4.74 Å². The van der Waals surface area contributed by atoms with Crippen LogP contribution >= 0.6 is 0 Å². The Hall–Kier alpha value is -1.52. The molecule has 1 aromatic heterocycles. The van der Waals surface area contributed by atoms with Gasteiger partial charge in [-0.25, -0.2) is 9.97 Å². The second-order valence-corrected chi connectivity index (χ2v) is 6.14. The topological polar surface area (TPSA) is 59.1 Å². The number of anilines is 2. The zero-order chi connectivity index (χ0) is 15.2. The number of hydrogen-bond acceptors (Lipinski definition) is 5. The van der Waals surface area contributed by atoms with E-state index in [2.05, 4.69) is 41.4 Å². The highest BCUT2D eigenvalue weighted by Gasteiger charge is 2.25. The molecular weight excluding hydrogens is 264 g/mol. The maximum absolute atomic E-state index is 5.51. The van der Waals surface area contributed by atoms with Crippen molar-refractivity contribution in [3.05, 3.63) is 6.33 Å². The molecular formula is C16H28N4O. The lowest BCUT2D eigenvalue weighted by Crippen LogP contribution is -2.30. The summed E-state index contributed by atoms with van der Waals surface area (Å²) in [5.41, 5.74) is 0. The van der Waals surface area contributed by atoms with Crippen LogP contribution in [-0.4, -0.2) is 29.7 Å². The molecule has 21 heavy (non-hydrogen) atoms. The lowest BCUT2D eigenvalue weighted by Gasteiger charge is -2.33. The van der Waals surface area contributed by atoms with Crippen LogP contribution in [0, 0.1) is 11.8 Å². The summed E-state index contributed by atoms with van der Waals surface area (Å²) in [5.74, 6) is 3.86. The van der Waals surface area contributed by atoms with Crippen LogP contribution in [-0.2, 0) is 0 Å². The molecule has 0 bridgehead atoms. The first-order valence-electron chi connectivity index (χ1n) is 8.05. The molecule has 0 saturated heterocycles. The zero-order valence-electron chi connectivity index (χ0n) is 13.6. The van der Waals surface area contributed by atoms with Crippen LogP contribution in [0.5, 0.6) is 5.75 Å². The Bertz CT molecular complexity index is 452. The first-order valence-corrected chi connectivity index (χ1v) is 8.05. The van der Waals surface area contributed by atoms with Crippen LogP contribution in [0.3, 0.4) is 0 Å². The number of methoxy groups -OCH3 is 1. The quantitative estimate of drug-likeness (QED) is 0.839.